The van der Waals surface area contributed by atoms with Gasteiger partial charge < -0.3 is 24.3 Å². The lowest BCUT2D eigenvalue weighted by Gasteiger charge is -2.10. The molecule has 0 aliphatic carbocycles. The highest BCUT2D eigenvalue weighted by molar-refractivity contribution is 7.19. The average molecular weight is 796 g/mol. The first-order chi connectivity index (χ1) is 26.3. The van der Waals surface area contributed by atoms with E-state index in [2.05, 4.69) is 46.0 Å². The van der Waals surface area contributed by atoms with Crippen molar-refractivity contribution in [2.75, 3.05) is 26.3 Å². The molecule has 5 heterocycles. The van der Waals surface area contributed by atoms with E-state index in [1.54, 1.807) is 22.7 Å². The van der Waals surface area contributed by atoms with Gasteiger partial charge in [0.15, 0.2) is 11.5 Å². The smallest absolute Gasteiger partial charge is 0.305 e. The number of unbranched alkanes of at least 4 members (excludes halogenated alkanes) is 6. The number of aromatic nitrogens is 4. The third-order valence-electron chi connectivity index (χ3n) is 9.05. The van der Waals surface area contributed by atoms with Crippen molar-refractivity contribution in [3.63, 3.8) is 0 Å². The maximum Gasteiger partial charge on any atom is 0.305 e. The van der Waals surface area contributed by atoms with Crippen molar-refractivity contribution < 1.29 is 28.5 Å². The molecule has 0 radical (unpaired) electrons. The molecule has 14 heteroatoms. The first-order valence-electron chi connectivity index (χ1n) is 18.8. The standard InChI is InChI=1S/C24H29N3O4S.C16H21ClN2O2S/c1-3-17-13-18-23(25-14-16-10-11-19-20(12-16)31-15-30-19)26-21(27-24(18)32-17)8-6-4-5-7-9-22(28)29-2;1-3-11-10-12-15(17)18-13(19-16(12)22-11)8-6-4-5-7-9-14(20)21-2/h10-13H,3-9,14-15H2,1-2H3,(H,25,26,27);10H,3-9H2,1-2H3. The van der Waals surface area contributed by atoms with Crippen LogP contribution in [0.5, 0.6) is 11.5 Å². The van der Waals surface area contributed by atoms with Gasteiger partial charge in [-0.1, -0.05) is 57.2 Å². The number of thiophene rings is 2. The van der Waals surface area contributed by atoms with Crippen LogP contribution < -0.4 is 14.8 Å². The van der Waals surface area contributed by atoms with Crippen LogP contribution in [0.25, 0.3) is 20.4 Å². The minimum Gasteiger partial charge on any atom is -0.469 e. The Kier molecular flexibility index (Phi) is 16.1. The third-order valence-corrected chi connectivity index (χ3v) is 11.7. The molecule has 0 saturated carbocycles. The van der Waals surface area contributed by atoms with Crippen LogP contribution in [0.3, 0.4) is 0 Å². The molecule has 5 aromatic rings. The van der Waals surface area contributed by atoms with Gasteiger partial charge in [0.05, 0.1) is 19.6 Å². The number of benzene rings is 1. The van der Waals surface area contributed by atoms with Gasteiger partial charge >= 0.3 is 11.9 Å². The lowest BCUT2D eigenvalue weighted by Crippen LogP contribution is -2.05. The number of esters is 2. The highest BCUT2D eigenvalue weighted by atomic mass is 35.5. The number of nitrogens with zero attached hydrogens (tertiary/aromatic N) is 4. The molecule has 290 valence electrons. The number of aryl methyl sites for hydroxylation is 4. The van der Waals surface area contributed by atoms with E-state index in [4.69, 9.17) is 35.8 Å². The molecule has 0 unspecified atom stereocenters. The predicted molar refractivity (Wildman–Crippen MR) is 216 cm³/mol. The second-order valence-corrected chi connectivity index (χ2v) is 15.6. The summed E-state index contributed by atoms with van der Waals surface area (Å²) < 4.78 is 20.2. The normalized spacial score (nSPS) is 11.8. The fourth-order valence-corrected chi connectivity index (χ4v) is 8.22. The van der Waals surface area contributed by atoms with Crippen molar-refractivity contribution in [3.05, 3.63) is 62.5 Å². The van der Waals surface area contributed by atoms with Gasteiger partial charge in [0.25, 0.3) is 0 Å². The van der Waals surface area contributed by atoms with Crippen molar-refractivity contribution in [1.82, 2.24) is 19.9 Å². The summed E-state index contributed by atoms with van der Waals surface area (Å²) in [7, 11) is 2.86. The Bertz CT molecular complexity index is 2000. The number of carbonyl (C=O) groups excluding carboxylic acids is 2. The molecule has 0 spiro atoms. The molecule has 11 nitrogen and oxygen atoms in total. The summed E-state index contributed by atoms with van der Waals surface area (Å²) in [6, 6.07) is 10.3. The van der Waals surface area contributed by atoms with Crippen LogP contribution in [0.1, 0.15) is 105 Å². The number of methoxy groups -OCH3 is 2. The number of hydrogen-bond acceptors (Lipinski definition) is 13. The van der Waals surface area contributed by atoms with Gasteiger partial charge in [-0.2, -0.15) is 0 Å². The van der Waals surface area contributed by atoms with Gasteiger partial charge in [0.2, 0.25) is 6.79 Å². The summed E-state index contributed by atoms with van der Waals surface area (Å²) >= 11 is 9.68. The summed E-state index contributed by atoms with van der Waals surface area (Å²) in [4.78, 5) is 45.5. The first kappa shape index (κ1) is 41.1. The van der Waals surface area contributed by atoms with Crippen LogP contribution in [-0.2, 0) is 51.3 Å². The molecule has 54 heavy (non-hydrogen) atoms. The van der Waals surface area contributed by atoms with E-state index >= 15 is 0 Å². The second-order valence-electron chi connectivity index (χ2n) is 13.0. The van der Waals surface area contributed by atoms with Gasteiger partial charge in [0, 0.05) is 47.4 Å². The maximum atomic E-state index is 11.2. The Morgan fingerprint density at radius 2 is 1.28 bits per heavy atom. The molecule has 6 rings (SSSR count). The zero-order valence-corrected chi connectivity index (χ0v) is 34.0. The molecular weight excluding hydrogens is 746 g/mol. The number of rotatable bonds is 19. The largest absolute Gasteiger partial charge is 0.469 e. The SMILES string of the molecule is CCc1cc2c(Cl)nc(CCCCCCC(=O)OC)nc2s1.CCc1cc2c(NCc3ccc4c(c3)OCO4)nc(CCCCCCC(=O)OC)nc2s1. The number of hydrogen-bond donors (Lipinski definition) is 1. The summed E-state index contributed by atoms with van der Waals surface area (Å²) in [5.41, 5.74) is 1.11. The number of ether oxygens (including phenoxy) is 4. The molecule has 0 amide bonds. The lowest BCUT2D eigenvalue weighted by molar-refractivity contribution is -0.141. The maximum absolute atomic E-state index is 11.2. The van der Waals surface area contributed by atoms with Gasteiger partial charge in [-0.05, 0) is 68.4 Å². The fraction of sp³-hybridized carbons (Fsp3) is 0.500. The quantitative estimate of drug-likeness (QED) is 0.0486. The minimum absolute atomic E-state index is 0.134. The Morgan fingerprint density at radius 1 is 0.722 bits per heavy atom. The van der Waals surface area contributed by atoms with Crippen LogP contribution in [-0.4, -0.2) is 52.9 Å². The molecule has 4 aromatic heterocycles. The van der Waals surface area contributed by atoms with Crippen LogP contribution in [0.2, 0.25) is 5.15 Å². The third kappa shape index (κ3) is 12.0. The lowest BCUT2D eigenvalue weighted by atomic mass is 10.1. The minimum atomic E-state index is -0.138. The average Bonchev–Trinajstić information content (AvgIpc) is 3.95. The van der Waals surface area contributed by atoms with E-state index in [-0.39, 0.29) is 18.7 Å². The molecule has 1 aromatic carbocycles. The van der Waals surface area contributed by atoms with E-state index in [0.29, 0.717) is 24.5 Å². The molecule has 0 atom stereocenters. The number of halogens is 1. The summed E-state index contributed by atoms with van der Waals surface area (Å²) in [5.74, 6) is 3.86. The Labute approximate surface area is 330 Å². The van der Waals surface area contributed by atoms with E-state index in [0.717, 1.165) is 132 Å². The molecule has 1 N–H and O–H groups in total. The monoisotopic (exact) mass is 795 g/mol. The van der Waals surface area contributed by atoms with Crippen molar-refractivity contribution in [2.24, 2.45) is 0 Å². The fourth-order valence-electron chi connectivity index (χ4n) is 5.95. The Hall–Kier alpha value is -4.07. The highest BCUT2D eigenvalue weighted by Gasteiger charge is 2.15. The van der Waals surface area contributed by atoms with Gasteiger partial charge in [-0.3, -0.25) is 9.59 Å². The number of fused-ring (bicyclic) bond motifs is 3. The van der Waals surface area contributed by atoms with Crippen LogP contribution in [0, 0.1) is 0 Å². The molecule has 1 aliphatic rings. The van der Waals surface area contributed by atoms with E-state index in [1.807, 2.05) is 18.2 Å². The number of nitrogens with one attached hydrogen (secondary N) is 1. The summed E-state index contributed by atoms with van der Waals surface area (Å²) in [5, 5.41) is 6.11. The van der Waals surface area contributed by atoms with Gasteiger partial charge in [-0.25, -0.2) is 19.9 Å². The van der Waals surface area contributed by atoms with Crippen LogP contribution in [0.15, 0.2) is 30.3 Å². The van der Waals surface area contributed by atoms with Crippen molar-refractivity contribution >= 4 is 72.5 Å². The summed E-state index contributed by atoms with van der Waals surface area (Å²) in [6.07, 6.45) is 12.5. The zero-order chi connectivity index (χ0) is 38.3. The zero-order valence-electron chi connectivity index (χ0n) is 31.6. The van der Waals surface area contributed by atoms with Crippen molar-refractivity contribution in [1.29, 1.82) is 0 Å². The Balaban J connectivity index is 0.000000223. The van der Waals surface area contributed by atoms with Crippen molar-refractivity contribution in [3.8, 4) is 11.5 Å². The molecule has 0 fully saturated rings. The predicted octanol–water partition coefficient (Wildman–Crippen LogP) is 9.83. The topological polar surface area (TPSA) is 135 Å². The molecule has 0 saturated heterocycles. The first-order valence-corrected chi connectivity index (χ1v) is 20.8. The Morgan fingerprint density at radius 3 is 1.89 bits per heavy atom. The van der Waals surface area contributed by atoms with Gasteiger partial charge in [-0.15, -0.1) is 22.7 Å². The van der Waals surface area contributed by atoms with Crippen LogP contribution in [0.4, 0.5) is 5.82 Å². The highest BCUT2D eigenvalue weighted by Crippen LogP contribution is 2.34. The number of anilines is 1. The van der Waals surface area contributed by atoms with E-state index in [1.165, 1.54) is 24.0 Å². The van der Waals surface area contributed by atoms with Crippen molar-refractivity contribution in [2.45, 2.75) is 110 Å². The van der Waals surface area contributed by atoms with E-state index < -0.39 is 0 Å². The number of carbonyl (C=O) groups is 2. The summed E-state index contributed by atoms with van der Waals surface area (Å²) in [6.45, 7) is 5.21. The van der Waals surface area contributed by atoms with Crippen LogP contribution >= 0.6 is 34.3 Å². The van der Waals surface area contributed by atoms with Gasteiger partial charge in [0.1, 0.15) is 32.3 Å². The molecule has 1 aliphatic heterocycles. The molecular formula is C40H50ClN5O6S2. The molecule has 0 bridgehead atoms. The van der Waals surface area contributed by atoms with E-state index in [9.17, 15) is 9.59 Å². The second kappa shape index (κ2) is 21.1.